The first-order chi connectivity index (χ1) is 10.1. The molecule has 0 spiro atoms. The minimum absolute atomic E-state index is 0.0441. The van der Waals surface area contributed by atoms with Crippen molar-refractivity contribution in [2.45, 2.75) is 6.54 Å². The van der Waals surface area contributed by atoms with Crippen LogP contribution in [0.15, 0.2) is 18.6 Å². The number of aromatic nitrogens is 4. The summed E-state index contributed by atoms with van der Waals surface area (Å²) in [5.74, 6) is 1.13. The van der Waals surface area contributed by atoms with Gasteiger partial charge in [0.2, 0.25) is 5.95 Å². The zero-order valence-corrected chi connectivity index (χ0v) is 11.5. The monoisotopic (exact) mass is 294 g/mol. The molecule has 0 bridgehead atoms. The van der Waals surface area contributed by atoms with Gasteiger partial charge in [-0.3, -0.25) is 14.8 Å². The van der Waals surface area contributed by atoms with Gasteiger partial charge in [0.1, 0.15) is 12.4 Å². The van der Waals surface area contributed by atoms with Gasteiger partial charge < -0.3 is 14.8 Å². The Hall–Kier alpha value is -2.91. The van der Waals surface area contributed by atoms with Gasteiger partial charge in [-0.2, -0.15) is 10.1 Å². The third-order valence-electron chi connectivity index (χ3n) is 2.59. The van der Waals surface area contributed by atoms with Crippen molar-refractivity contribution in [3.05, 3.63) is 28.7 Å². The normalized spacial score (nSPS) is 10.2. The van der Waals surface area contributed by atoms with Crippen molar-refractivity contribution in [2.75, 3.05) is 26.1 Å². The predicted octanol–water partition coefficient (Wildman–Crippen LogP) is 0.711. The Bertz CT molecular complexity index is 629. The van der Waals surface area contributed by atoms with Gasteiger partial charge in [0.05, 0.1) is 31.9 Å². The Kier molecular flexibility index (Phi) is 4.49. The van der Waals surface area contributed by atoms with Gasteiger partial charge in [0, 0.05) is 6.54 Å². The maximum atomic E-state index is 10.5. The molecule has 0 aromatic carbocycles. The molecule has 0 aliphatic rings. The number of rotatable bonds is 7. The third kappa shape index (κ3) is 3.55. The summed E-state index contributed by atoms with van der Waals surface area (Å²) in [6.45, 7) is 0.889. The van der Waals surface area contributed by atoms with Crippen molar-refractivity contribution in [3.63, 3.8) is 0 Å². The predicted molar refractivity (Wildman–Crippen MR) is 72.5 cm³/mol. The summed E-state index contributed by atoms with van der Waals surface area (Å²) in [7, 11) is 2.98. The van der Waals surface area contributed by atoms with Crippen LogP contribution >= 0.6 is 0 Å². The van der Waals surface area contributed by atoms with E-state index in [1.54, 1.807) is 0 Å². The summed E-state index contributed by atoms with van der Waals surface area (Å²) in [6, 6.07) is 0. The van der Waals surface area contributed by atoms with Crippen LogP contribution in [-0.4, -0.2) is 45.4 Å². The minimum Gasteiger partial charge on any atom is -0.490 e. The Morgan fingerprint density at radius 1 is 1.38 bits per heavy atom. The summed E-state index contributed by atoms with van der Waals surface area (Å²) >= 11 is 0. The Morgan fingerprint density at radius 3 is 2.81 bits per heavy atom. The second-order valence-corrected chi connectivity index (χ2v) is 3.92. The van der Waals surface area contributed by atoms with Crippen LogP contribution in [-0.2, 0) is 6.54 Å². The quantitative estimate of drug-likeness (QED) is 0.586. The molecule has 2 rings (SSSR count). The Labute approximate surface area is 119 Å². The van der Waals surface area contributed by atoms with Crippen LogP contribution < -0.4 is 14.8 Å². The molecule has 2 aromatic rings. The number of hydrogen-bond donors (Lipinski definition) is 1. The van der Waals surface area contributed by atoms with Crippen molar-refractivity contribution >= 4 is 11.6 Å². The van der Waals surface area contributed by atoms with E-state index in [0.717, 1.165) is 0 Å². The second kappa shape index (κ2) is 6.50. The largest absolute Gasteiger partial charge is 0.490 e. The van der Waals surface area contributed by atoms with Crippen LogP contribution in [0.25, 0.3) is 0 Å². The fourth-order valence-corrected chi connectivity index (χ4v) is 1.58. The van der Waals surface area contributed by atoms with E-state index < -0.39 is 4.92 Å². The van der Waals surface area contributed by atoms with Crippen LogP contribution in [0.4, 0.5) is 11.6 Å². The smallest absolute Gasteiger partial charge is 0.306 e. The van der Waals surface area contributed by atoms with Gasteiger partial charge in [-0.25, -0.2) is 4.98 Å². The van der Waals surface area contributed by atoms with Crippen LogP contribution in [0.3, 0.4) is 0 Å². The van der Waals surface area contributed by atoms with E-state index in [2.05, 4.69) is 20.4 Å². The Morgan fingerprint density at radius 2 is 2.19 bits per heavy atom. The highest BCUT2D eigenvalue weighted by atomic mass is 16.6. The first-order valence-electron chi connectivity index (χ1n) is 5.99. The first kappa shape index (κ1) is 14.5. The molecule has 10 nitrogen and oxygen atoms in total. The lowest BCUT2D eigenvalue weighted by Crippen LogP contribution is -2.13. The van der Waals surface area contributed by atoms with E-state index in [0.29, 0.717) is 30.7 Å². The zero-order valence-electron chi connectivity index (χ0n) is 11.5. The molecule has 0 fully saturated rings. The summed E-state index contributed by atoms with van der Waals surface area (Å²) in [5.41, 5.74) is -0.0441. The molecule has 0 aliphatic heterocycles. The molecule has 0 aliphatic carbocycles. The summed E-state index contributed by atoms with van der Waals surface area (Å²) in [4.78, 5) is 18.2. The van der Waals surface area contributed by atoms with Crippen LogP contribution in [0.2, 0.25) is 0 Å². The standard InChI is InChI=1S/C11H14N6O4/c1-20-9-6-13-11(15-10(9)21-2)12-3-4-16-7-8(5-14-16)17(18)19/h5-7H,3-4H2,1-2H3,(H,12,13,15). The van der Waals surface area contributed by atoms with E-state index in [4.69, 9.17) is 9.47 Å². The lowest BCUT2D eigenvalue weighted by molar-refractivity contribution is -0.385. The fraction of sp³-hybridized carbons (Fsp3) is 0.364. The molecule has 0 atom stereocenters. The second-order valence-electron chi connectivity index (χ2n) is 3.92. The molecule has 0 amide bonds. The molecule has 0 radical (unpaired) electrons. The van der Waals surface area contributed by atoms with E-state index in [1.807, 2.05) is 0 Å². The number of ether oxygens (including phenoxy) is 2. The molecule has 2 heterocycles. The minimum atomic E-state index is -0.492. The third-order valence-corrected chi connectivity index (χ3v) is 2.59. The maximum Gasteiger partial charge on any atom is 0.306 e. The van der Waals surface area contributed by atoms with E-state index in [9.17, 15) is 10.1 Å². The molecule has 0 saturated carbocycles. The molecule has 0 saturated heterocycles. The van der Waals surface area contributed by atoms with Gasteiger partial charge in [0.15, 0.2) is 5.75 Å². The number of hydrogen-bond acceptors (Lipinski definition) is 8. The Balaban J connectivity index is 1.92. The summed E-state index contributed by atoms with van der Waals surface area (Å²) in [6.07, 6.45) is 4.05. The molecule has 10 heteroatoms. The average Bonchev–Trinajstić information content (AvgIpc) is 2.96. The van der Waals surface area contributed by atoms with Crippen LogP contribution in [0.5, 0.6) is 11.6 Å². The van der Waals surface area contributed by atoms with Gasteiger partial charge in [0.25, 0.3) is 5.88 Å². The van der Waals surface area contributed by atoms with Crippen LogP contribution in [0, 0.1) is 10.1 Å². The number of methoxy groups -OCH3 is 2. The van der Waals surface area contributed by atoms with E-state index in [1.165, 1.54) is 37.5 Å². The lowest BCUT2D eigenvalue weighted by Gasteiger charge is -2.08. The van der Waals surface area contributed by atoms with Gasteiger partial charge in [-0.1, -0.05) is 0 Å². The highest BCUT2D eigenvalue weighted by Gasteiger charge is 2.09. The van der Waals surface area contributed by atoms with Crippen molar-refractivity contribution in [1.29, 1.82) is 0 Å². The molecule has 0 unspecified atom stereocenters. The van der Waals surface area contributed by atoms with Gasteiger partial charge >= 0.3 is 5.69 Å². The van der Waals surface area contributed by atoms with Crippen molar-refractivity contribution in [3.8, 4) is 11.6 Å². The molecule has 1 N–H and O–H groups in total. The first-order valence-corrected chi connectivity index (χ1v) is 5.99. The van der Waals surface area contributed by atoms with Gasteiger partial charge in [-0.05, 0) is 0 Å². The summed E-state index contributed by atoms with van der Waals surface area (Å²) in [5, 5.41) is 17.4. The molecule has 2 aromatic heterocycles. The van der Waals surface area contributed by atoms with Crippen molar-refractivity contribution in [1.82, 2.24) is 19.7 Å². The summed E-state index contributed by atoms with van der Waals surface area (Å²) < 4.78 is 11.6. The zero-order chi connectivity index (χ0) is 15.2. The van der Waals surface area contributed by atoms with E-state index >= 15 is 0 Å². The van der Waals surface area contributed by atoms with Crippen LogP contribution in [0.1, 0.15) is 0 Å². The molecular weight excluding hydrogens is 280 g/mol. The lowest BCUT2D eigenvalue weighted by atomic mass is 10.5. The van der Waals surface area contributed by atoms with Crippen molar-refractivity contribution in [2.24, 2.45) is 0 Å². The molecular formula is C11H14N6O4. The number of nitro groups is 1. The number of anilines is 1. The topological polar surface area (TPSA) is 117 Å². The molecule has 112 valence electrons. The number of nitrogens with zero attached hydrogens (tertiary/aromatic N) is 5. The highest BCUT2D eigenvalue weighted by molar-refractivity contribution is 5.37. The molecule has 21 heavy (non-hydrogen) atoms. The SMILES string of the molecule is COc1cnc(NCCn2cc([N+](=O)[O-])cn2)nc1OC. The van der Waals surface area contributed by atoms with E-state index in [-0.39, 0.29) is 5.69 Å². The highest BCUT2D eigenvalue weighted by Crippen LogP contribution is 2.23. The fourth-order valence-electron chi connectivity index (χ4n) is 1.58. The number of nitrogens with one attached hydrogen (secondary N) is 1. The maximum absolute atomic E-state index is 10.5. The van der Waals surface area contributed by atoms with Gasteiger partial charge in [-0.15, -0.1) is 0 Å². The average molecular weight is 294 g/mol. The van der Waals surface area contributed by atoms with Crippen molar-refractivity contribution < 1.29 is 14.4 Å².